The Balaban J connectivity index is 1.32. The molecule has 10 heteroatoms. The maximum absolute atomic E-state index is 12.5. The Morgan fingerprint density at radius 2 is 2.00 bits per heavy atom. The van der Waals surface area contributed by atoms with Gasteiger partial charge in [-0.05, 0) is 49.4 Å². The number of amides is 1. The molecule has 5 rings (SSSR count). The number of aromatic nitrogens is 5. The topological polar surface area (TPSA) is 110 Å². The van der Waals surface area contributed by atoms with Gasteiger partial charge in [0.2, 0.25) is 0 Å². The number of carbonyl (C=O) groups excluding carboxylic acids is 1. The number of para-hydroxylation sites is 1. The van der Waals surface area contributed by atoms with Crippen LogP contribution < -0.4 is 10.2 Å². The summed E-state index contributed by atoms with van der Waals surface area (Å²) >= 11 is 1.28. The number of benzene rings is 2. The minimum atomic E-state index is -0.250. The maximum Gasteiger partial charge on any atom is 0.250 e. The van der Waals surface area contributed by atoms with Crippen LogP contribution in [0, 0.1) is 0 Å². The van der Waals surface area contributed by atoms with Crippen LogP contribution in [0.2, 0.25) is 0 Å². The number of rotatable bonds is 9. The van der Waals surface area contributed by atoms with E-state index in [4.69, 9.17) is 4.74 Å². The highest BCUT2D eigenvalue weighted by Crippen LogP contribution is 2.28. The molecule has 0 saturated heterocycles. The predicted octanol–water partition coefficient (Wildman–Crippen LogP) is 4.45. The Morgan fingerprint density at radius 3 is 2.81 bits per heavy atom. The normalized spacial score (nSPS) is 11.2. The second-order valence-electron chi connectivity index (χ2n) is 7.68. The van der Waals surface area contributed by atoms with E-state index in [2.05, 4.69) is 30.7 Å². The lowest BCUT2D eigenvalue weighted by Gasteiger charge is -2.11. The van der Waals surface area contributed by atoms with E-state index in [0.29, 0.717) is 17.6 Å². The van der Waals surface area contributed by atoms with Crippen LogP contribution in [0.3, 0.4) is 0 Å². The van der Waals surface area contributed by atoms with Gasteiger partial charge in [0.25, 0.3) is 5.91 Å². The summed E-state index contributed by atoms with van der Waals surface area (Å²) in [5, 5.41) is 14.5. The largest absolute Gasteiger partial charge is 0.494 e. The second-order valence-corrected chi connectivity index (χ2v) is 8.62. The Bertz CT molecular complexity index is 1490. The molecular formula is C26H23N7O2S. The third kappa shape index (κ3) is 5.13. The molecule has 180 valence electrons. The number of aromatic amines is 1. The number of nitrogens with one attached hydrogen (secondary N) is 2. The van der Waals surface area contributed by atoms with Crippen molar-refractivity contribution in [2.45, 2.75) is 12.1 Å². The molecule has 3 heterocycles. The first-order valence-corrected chi connectivity index (χ1v) is 12.3. The Hall–Kier alpha value is -4.44. The highest BCUT2D eigenvalue weighted by molar-refractivity contribution is 7.99. The molecule has 2 aromatic carbocycles. The predicted molar refractivity (Wildman–Crippen MR) is 141 cm³/mol. The van der Waals surface area contributed by atoms with E-state index in [1.165, 1.54) is 11.8 Å². The number of H-pyrrole nitrogens is 1. The lowest BCUT2D eigenvalue weighted by atomic mass is 10.2. The molecule has 0 aliphatic carbocycles. The van der Waals surface area contributed by atoms with Crippen molar-refractivity contribution in [3.05, 3.63) is 84.8 Å². The molecule has 3 aromatic heterocycles. The number of carbonyl (C=O) groups is 1. The lowest BCUT2D eigenvalue weighted by Crippen LogP contribution is -2.20. The van der Waals surface area contributed by atoms with Crippen molar-refractivity contribution >= 4 is 34.8 Å². The van der Waals surface area contributed by atoms with Crippen LogP contribution in [0.4, 0.5) is 0 Å². The van der Waals surface area contributed by atoms with Gasteiger partial charge in [0.15, 0.2) is 11.0 Å². The van der Waals surface area contributed by atoms with Crippen molar-refractivity contribution in [2.75, 3.05) is 12.4 Å². The summed E-state index contributed by atoms with van der Waals surface area (Å²) in [5.41, 5.74) is 6.17. The molecule has 2 N–H and O–H groups in total. The molecule has 1 amide bonds. The van der Waals surface area contributed by atoms with Gasteiger partial charge in [-0.3, -0.25) is 14.3 Å². The highest BCUT2D eigenvalue weighted by Gasteiger charge is 2.17. The van der Waals surface area contributed by atoms with Crippen molar-refractivity contribution in [3.8, 4) is 22.8 Å². The summed E-state index contributed by atoms with van der Waals surface area (Å²) in [7, 11) is 0. The Kier molecular flexibility index (Phi) is 7.04. The fraction of sp³-hybridized carbons (Fsp3) is 0.115. The molecule has 0 saturated carbocycles. The third-order valence-corrected chi connectivity index (χ3v) is 6.23. The van der Waals surface area contributed by atoms with E-state index >= 15 is 0 Å². The molecule has 0 atom stereocenters. The minimum Gasteiger partial charge on any atom is -0.494 e. The molecular weight excluding hydrogens is 474 g/mol. The van der Waals surface area contributed by atoms with Gasteiger partial charge >= 0.3 is 0 Å². The number of ether oxygens (including phenoxy) is 1. The fourth-order valence-electron chi connectivity index (χ4n) is 3.67. The van der Waals surface area contributed by atoms with Crippen molar-refractivity contribution < 1.29 is 9.53 Å². The van der Waals surface area contributed by atoms with Gasteiger partial charge < -0.3 is 9.72 Å². The average molecular weight is 498 g/mol. The molecule has 9 nitrogen and oxygen atoms in total. The Morgan fingerprint density at radius 1 is 1.14 bits per heavy atom. The van der Waals surface area contributed by atoms with Crippen molar-refractivity contribution in [1.82, 2.24) is 30.2 Å². The van der Waals surface area contributed by atoms with Crippen LogP contribution in [-0.4, -0.2) is 49.2 Å². The van der Waals surface area contributed by atoms with Crippen LogP contribution in [0.1, 0.15) is 12.5 Å². The molecule has 36 heavy (non-hydrogen) atoms. The van der Waals surface area contributed by atoms with E-state index in [-0.39, 0.29) is 11.7 Å². The van der Waals surface area contributed by atoms with Crippen LogP contribution in [0.25, 0.3) is 28.0 Å². The zero-order chi connectivity index (χ0) is 24.7. The van der Waals surface area contributed by atoms with Crippen LogP contribution >= 0.6 is 11.8 Å². The monoisotopic (exact) mass is 497 g/mol. The number of pyridine rings is 1. The molecule has 0 bridgehead atoms. The van der Waals surface area contributed by atoms with Crippen LogP contribution in [0.5, 0.6) is 5.75 Å². The number of nitrogens with zero attached hydrogens (tertiary/aromatic N) is 5. The fourth-order valence-corrected chi connectivity index (χ4v) is 4.42. The number of hydrazone groups is 1. The van der Waals surface area contributed by atoms with E-state index in [1.54, 1.807) is 18.6 Å². The maximum atomic E-state index is 12.5. The SMILES string of the molecule is CCOc1ccc(-n2c(SCC(=O)N/N=C/c3c[nH]c4ccccc34)nnc2-c2cccnc2)cc1. The summed E-state index contributed by atoms with van der Waals surface area (Å²) in [6, 6.07) is 19.3. The standard InChI is InChI=1S/C26H23N7O2S/c1-2-35-21-11-9-20(10-12-21)33-25(18-6-5-13-27-14-18)31-32-26(33)36-17-24(34)30-29-16-19-15-28-23-8-4-3-7-22(19)23/h3-16,28H,2,17H2,1H3,(H,30,34)/b29-16+. The quantitative estimate of drug-likeness (QED) is 0.177. The van der Waals surface area contributed by atoms with Gasteiger partial charge in [-0.25, -0.2) is 5.43 Å². The van der Waals surface area contributed by atoms with Gasteiger partial charge in [0, 0.05) is 46.3 Å². The second kappa shape index (κ2) is 10.9. The van der Waals surface area contributed by atoms with Crippen molar-refractivity contribution in [2.24, 2.45) is 5.10 Å². The molecule has 0 spiro atoms. The van der Waals surface area contributed by atoms with E-state index < -0.39 is 0 Å². The van der Waals surface area contributed by atoms with Gasteiger partial charge in [-0.2, -0.15) is 5.10 Å². The minimum absolute atomic E-state index is 0.118. The van der Waals surface area contributed by atoms with Crippen LogP contribution in [-0.2, 0) is 4.79 Å². The van der Waals surface area contributed by atoms with Gasteiger partial charge in [-0.1, -0.05) is 30.0 Å². The highest BCUT2D eigenvalue weighted by atomic mass is 32.2. The molecule has 5 aromatic rings. The first kappa shape index (κ1) is 23.3. The van der Waals surface area contributed by atoms with Crippen molar-refractivity contribution in [1.29, 1.82) is 0 Å². The molecule has 0 fully saturated rings. The Labute approximate surface area is 211 Å². The molecule has 0 aliphatic heterocycles. The summed E-state index contributed by atoms with van der Waals surface area (Å²) in [4.78, 5) is 19.9. The van der Waals surface area contributed by atoms with Crippen molar-refractivity contribution in [3.63, 3.8) is 0 Å². The van der Waals surface area contributed by atoms with Gasteiger partial charge in [0.1, 0.15) is 5.75 Å². The van der Waals surface area contributed by atoms with E-state index in [0.717, 1.165) is 33.5 Å². The van der Waals surface area contributed by atoms with E-state index in [1.807, 2.05) is 78.4 Å². The van der Waals surface area contributed by atoms with Crippen LogP contribution in [0.15, 0.2) is 89.5 Å². The van der Waals surface area contributed by atoms with Gasteiger partial charge in [0.05, 0.1) is 18.6 Å². The average Bonchev–Trinajstić information content (AvgIpc) is 3.53. The molecule has 0 unspecified atom stereocenters. The number of hydrogen-bond acceptors (Lipinski definition) is 7. The summed E-state index contributed by atoms with van der Waals surface area (Å²) in [6.07, 6.45) is 6.92. The zero-order valence-corrected chi connectivity index (χ0v) is 20.3. The molecule has 0 radical (unpaired) electrons. The summed E-state index contributed by atoms with van der Waals surface area (Å²) < 4.78 is 7.47. The zero-order valence-electron chi connectivity index (χ0n) is 19.5. The summed E-state index contributed by atoms with van der Waals surface area (Å²) in [6.45, 7) is 2.53. The first-order valence-electron chi connectivity index (χ1n) is 11.3. The molecule has 0 aliphatic rings. The number of hydrogen-bond donors (Lipinski definition) is 2. The first-order chi connectivity index (χ1) is 17.7. The summed E-state index contributed by atoms with van der Waals surface area (Å²) in [5.74, 6) is 1.28. The number of fused-ring (bicyclic) bond motifs is 1. The lowest BCUT2D eigenvalue weighted by molar-refractivity contribution is -0.118. The van der Waals surface area contributed by atoms with Gasteiger partial charge in [-0.15, -0.1) is 10.2 Å². The third-order valence-electron chi connectivity index (χ3n) is 5.31. The smallest absolute Gasteiger partial charge is 0.250 e. The number of thioether (sulfide) groups is 1. The van der Waals surface area contributed by atoms with E-state index in [9.17, 15) is 4.79 Å².